The molecule has 0 saturated heterocycles. The van der Waals surface area contributed by atoms with Gasteiger partial charge >= 0.3 is 0 Å². The third kappa shape index (κ3) is 1.99. The number of nitro benzene ring substituents is 1. The van der Waals surface area contributed by atoms with Crippen molar-refractivity contribution in [3.63, 3.8) is 0 Å². The summed E-state index contributed by atoms with van der Waals surface area (Å²) in [4.78, 5) is 10.3. The number of hydrogen-bond donors (Lipinski definition) is 0. The van der Waals surface area contributed by atoms with Crippen molar-refractivity contribution in [3.05, 3.63) is 59.0 Å². The Kier molecular flexibility index (Phi) is 3.02. The normalized spacial score (nSPS) is 12.1. The summed E-state index contributed by atoms with van der Waals surface area (Å²) in [6.45, 7) is 9.13. The molecule has 1 rings (SSSR count). The quantitative estimate of drug-likeness (QED) is 0.417. The summed E-state index contributed by atoms with van der Waals surface area (Å²) in [5.41, 5.74) is 1.62. The highest BCUT2D eigenvalue weighted by Gasteiger charge is 2.12. The molecule has 0 bridgehead atoms. The van der Waals surface area contributed by atoms with Gasteiger partial charge in [0.1, 0.15) is 0 Å². The van der Waals surface area contributed by atoms with E-state index in [0.717, 1.165) is 5.56 Å². The number of benzene rings is 1. The highest BCUT2D eigenvalue weighted by molar-refractivity contribution is 5.44. The molecule has 0 aromatic heterocycles. The van der Waals surface area contributed by atoms with Gasteiger partial charge in [0.15, 0.2) is 0 Å². The van der Waals surface area contributed by atoms with E-state index in [1.54, 1.807) is 25.1 Å². The SMILES string of the molecule is [CH2]C(C=C)c1ccc(C)c([N+](=O)[O-])c1. The van der Waals surface area contributed by atoms with Crippen LogP contribution in [0.3, 0.4) is 0 Å². The van der Waals surface area contributed by atoms with E-state index < -0.39 is 0 Å². The average Bonchev–Trinajstić information content (AvgIpc) is 2.17. The Morgan fingerprint density at radius 1 is 1.57 bits per heavy atom. The van der Waals surface area contributed by atoms with Crippen LogP contribution >= 0.6 is 0 Å². The van der Waals surface area contributed by atoms with Gasteiger partial charge in [-0.05, 0) is 19.4 Å². The van der Waals surface area contributed by atoms with Gasteiger partial charge in [-0.15, -0.1) is 6.58 Å². The molecule has 0 fully saturated rings. The average molecular weight is 190 g/mol. The largest absolute Gasteiger partial charge is 0.272 e. The van der Waals surface area contributed by atoms with E-state index >= 15 is 0 Å². The number of aryl methyl sites for hydroxylation is 1. The van der Waals surface area contributed by atoms with Crippen molar-refractivity contribution >= 4 is 5.69 Å². The molecule has 1 aromatic carbocycles. The molecule has 0 saturated carbocycles. The van der Waals surface area contributed by atoms with Gasteiger partial charge < -0.3 is 0 Å². The van der Waals surface area contributed by atoms with Crippen molar-refractivity contribution in [1.29, 1.82) is 0 Å². The summed E-state index contributed by atoms with van der Waals surface area (Å²) in [6.07, 6.45) is 1.66. The molecular weight excluding hydrogens is 178 g/mol. The van der Waals surface area contributed by atoms with Gasteiger partial charge in [-0.3, -0.25) is 10.1 Å². The summed E-state index contributed by atoms with van der Waals surface area (Å²) < 4.78 is 0. The van der Waals surface area contributed by atoms with Gasteiger partial charge in [0.25, 0.3) is 5.69 Å². The fourth-order valence-corrected chi connectivity index (χ4v) is 1.19. The summed E-state index contributed by atoms with van der Waals surface area (Å²) in [5.74, 6) is -0.103. The van der Waals surface area contributed by atoms with Crippen LogP contribution in [0.5, 0.6) is 0 Å². The molecule has 0 spiro atoms. The zero-order valence-electron chi connectivity index (χ0n) is 8.06. The molecule has 1 aromatic rings. The van der Waals surface area contributed by atoms with Crippen LogP contribution in [-0.4, -0.2) is 4.92 Å². The highest BCUT2D eigenvalue weighted by Crippen LogP contribution is 2.24. The molecule has 0 heterocycles. The van der Waals surface area contributed by atoms with Crippen LogP contribution in [0.4, 0.5) is 5.69 Å². The van der Waals surface area contributed by atoms with E-state index in [1.807, 2.05) is 6.07 Å². The van der Waals surface area contributed by atoms with Gasteiger partial charge in [0.2, 0.25) is 0 Å². The van der Waals surface area contributed by atoms with Crippen LogP contribution in [0.15, 0.2) is 30.9 Å². The van der Waals surface area contributed by atoms with Crippen molar-refractivity contribution in [2.45, 2.75) is 12.8 Å². The standard InChI is InChI=1S/C11H12NO2/c1-4-8(2)10-6-5-9(3)11(7-10)12(13)14/h4-8H,1-2H2,3H3. The lowest BCUT2D eigenvalue weighted by Crippen LogP contribution is -1.95. The fourth-order valence-electron chi connectivity index (χ4n) is 1.19. The minimum atomic E-state index is -0.380. The van der Waals surface area contributed by atoms with Gasteiger partial charge in [0, 0.05) is 17.5 Å². The zero-order valence-corrected chi connectivity index (χ0v) is 8.06. The molecular formula is C11H12NO2. The molecule has 14 heavy (non-hydrogen) atoms. The number of rotatable bonds is 3. The first-order valence-electron chi connectivity index (χ1n) is 4.27. The Morgan fingerprint density at radius 2 is 2.21 bits per heavy atom. The predicted molar refractivity (Wildman–Crippen MR) is 56.1 cm³/mol. The molecule has 0 amide bonds. The monoisotopic (exact) mass is 190 g/mol. The van der Waals surface area contributed by atoms with Gasteiger partial charge in [-0.1, -0.05) is 18.2 Å². The molecule has 3 nitrogen and oxygen atoms in total. The molecule has 0 aliphatic rings. The zero-order chi connectivity index (χ0) is 10.7. The van der Waals surface area contributed by atoms with Crippen LogP contribution in [0.1, 0.15) is 17.0 Å². The Balaban J connectivity index is 3.19. The minimum absolute atomic E-state index is 0.103. The second-order valence-electron chi connectivity index (χ2n) is 3.15. The van der Waals surface area contributed by atoms with E-state index in [4.69, 9.17) is 0 Å². The molecule has 3 heteroatoms. The third-order valence-electron chi connectivity index (χ3n) is 2.14. The van der Waals surface area contributed by atoms with Gasteiger partial charge in [0.05, 0.1) is 4.92 Å². The molecule has 1 radical (unpaired) electrons. The van der Waals surface area contributed by atoms with Crippen LogP contribution in [0, 0.1) is 24.0 Å². The Morgan fingerprint density at radius 3 is 2.71 bits per heavy atom. The molecule has 73 valence electrons. The molecule has 1 atom stereocenters. The van der Waals surface area contributed by atoms with Crippen molar-refractivity contribution in [2.75, 3.05) is 0 Å². The molecule has 0 aliphatic carbocycles. The fraction of sp³-hybridized carbons (Fsp3) is 0.182. The smallest absolute Gasteiger partial charge is 0.258 e. The topological polar surface area (TPSA) is 43.1 Å². The Labute approximate surface area is 83.2 Å². The van der Waals surface area contributed by atoms with E-state index in [1.165, 1.54) is 0 Å². The highest BCUT2D eigenvalue weighted by atomic mass is 16.6. The van der Waals surface area contributed by atoms with Crippen LogP contribution < -0.4 is 0 Å². The second-order valence-corrected chi connectivity index (χ2v) is 3.15. The maximum Gasteiger partial charge on any atom is 0.272 e. The molecule has 1 unspecified atom stereocenters. The Hall–Kier alpha value is -1.64. The summed E-state index contributed by atoms with van der Waals surface area (Å²) in [7, 11) is 0. The first-order valence-corrected chi connectivity index (χ1v) is 4.27. The van der Waals surface area contributed by atoms with E-state index in [0.29, 0.717) is 5.56 Å². The van der Waals surface area contributed by atoms with E-state index in [9.17, 15) is 10.1 Å². The maximum atomic E-state index is 10.6. The van der Waals surface area contributed by atoms with Crippen molar-refractivity contribution in [3.8, 4) is 0 Å². The number of nitrogens with zero attached hydrogens (tertiary/aromatic N) is 1. The van der Waals surface area contributed by atoms with Gasteiger partial charge in [-0.2, -0.15) is 0 Å². The summed E-state index contributed by atoms with van der Waals surface area (Å²) in [6, 6.07) is 5.12. The first-order chi connectivity index (χ1) is 6.56. The lowest BCUT2D eigenvalue weighted by Gasteiger charge is -2.06. The molecule has 0 aliphatic heterocycles. The summed E-state index contributed by atoms with van der Waals surface area (Å²) in [5, 5.41) is 10.6. The van der Waals surface area contributed by atoms with Crippen LogP contribution in [0.25, 0.3) is 0 Å². The lowest BCUT2D eigenvalue weighted by molar-refractivity contribution is -0.385. The minimum Gasteiger partial charge on any atom is -0.258 e. The lowest BCUT2D eigenvalue weighted by atomic mass is 9.99. The Bertz CT molecular complexity index is 372. The van der Waals surface area contributed by atoms with E-state index in [2.05, 4.69) is 13.5 Å². The summed E-state index contributed by atoms with van der Waals surface area (Å²) >= 11 is 0. The predicted octanol–water partition coefficient (Wildman–Crippen LogP) is 3.01. The second kappa shape index (κ2) is 4.05. The van der Waals surface area contributed by atoms with Crippen molar-refractivity contribution < 1.29 is 4.92 Å². The third-order valence-corrected chi connectivity index (χ3v) is 2.14. The number of hydrogen-bond acceptors (Lipinski definition) is 2. The van der Waals surface area contributed by atoms with Crippen molar-refractivity contribution in [2.24, 2.45) is 0 Å². The van der Waals surface area contributed by atoms with Crippen LogP contribution in [0.2, 0.25) is 0 Å². The molecule has 0 N–H and O–H groups in total. The maximum absolute atomic E-state index is 10.6. The van der Waals surface area contributed by atoms with Crippen molar-refractivity contribution in [1.82, 2.24) is 0 Å². The first kappa shape index (κ1) is 10.4. The van der Waals surface area contributed by atoms with Crippen LogP contribution in [-0.2, 0) is 0 Å². The number of allylic oxidation sites excluding steroid dienone is 1. The number of nitro groups is 1. The van der Waals surface area contributed by atoms with E-state index in [-0.39, 0.29) is 16.5 Å². The van der Waals surface area contributed by atoms with Gasteiger partial charge in [-0.25, -0.2) is 0 Å².